The van der Waals surface area contributed by atoms with Crippen molar-refractivity contribution in [1.82, 2.24) is 0 Å². The van der Waals surface area contributed by atoms with E-state index in [0.717, 1.165) is 5.92 Å². The molecule has 1 heteroatoms. The fraction of sp³-hybridized carbons (Fsp3) is 0.556. The van der Waals surface area contributed by atoms with Crippen LogP contribution < -0.4 is 0 Å². The van der Waals surface area contributed by atoms with Crippen molar-refractivity contribution in [3.05, 3.63) is 21.3 Å². The van der Waals surface area contributed by atoms with Gasteiger partial charge in [0, 0.05) is 3.58 Å². The van der Waals surface area contributed by atoms with Crippen LogP contribution in [0.2, 0.25) is 0 Å². The summed E-state index contributed by atoms with van der Waals surface area (Å²) >= 11 is 2.40. The van der Waals surface area contributed by atoms with Crippen molar-refractivity contribution in [3.63, 3.8) is 0 Å². The molecule has 1 aliphatic rings. The Morgan fingerprint density at radius 1 is 1.70 bits per heavy atom. The van der Waals surface area contributed by atoms with E-state index in [2.05, 4.69) is 48.6 Å². The lowest BCUT2D eigenvalue weighted by molar-refractivity contribution is 0.613. The van der Waals surface area contributed by atoms with Crippen molar-refractivity contribution in [2.24, 2.45) is 5.92 Å². The third-order valence-corrected chi connectivity index (χ3v) is 3.30. The SMILES string of the molecule is CCC1C=CC(I)=C(C)C1. The molecule has 1 atom stereocenters. The summed E-state index contributed by atoms with van der Waals surface area (Å²) in [4.78, 5) is 0. The Bertz CT molecular complexity index is 177. The lowest BCUT2D eigenvalue weighted by Crippen LogP contribution is -1.99. The molecular formula is C9H13I. The predicted octanol–water partition coefficient (Wildman–Crippen LogP) is 3.68. The van der Waals surface area contributed by atoms with Gasteiger partial charge < -0.3 is 0 Å². The van der Waals surface area contributed by atoms with Gasteiger partial charge in [-0.2, -0.15) is 0 Å². The Labute approximate surface area is 76.5 Å². The van der Waals surface area contributed by atoms with Gasteiger partial charge in [-0.25, -0.2) is 0 Å². The fourth-order valence-electron chi connectivity index (χ4n) is 1.20. The smallest absolute Gasteiger partial charge is 0.0116 e. The number of rotatable bonds is 1. The van der Waals surface area contributed by atoms with Crippen LogP contribution in [0.1, 0.15) is 26.7 Å². The molecule has 56 valence electrons. The summed E-state index contributed by atoms with van der Waals surface area (Å²) in [7, 11) is 0. The van der Waals surface area contributed by atoms with Crippen LogP contribution in [0.25, 0.3) is 0 Å². The molecule has 0 heterocycles. The third-order valence-electron chi connectivity index (χ3n) is 2.02. The molecule has 1 aliphatic carbocycles. The molecule has 0 N–H and O–H groups in total. The summed E-state index contributed by atoms with van der Waals surface area (Å²) in [6, 6.07) is 0. The zero-order valence-corrected chi connectivity index (χ0v) is 8.68. The van der Waals surface area contributed by atoms with Gasteiger partial charge >= 0.3 is 0 Å². The minimum atomic E-state index is 0.804. The van der Waals surface area contributed by atoms with Gasteiger partial charge in [-0.3, -0.25) is 0 Å². The molecule has 0 fully saturated rings. The Morgan fingerprint density at radius 2 is 2.40 bits per heavy atom. The minimum absolute atomic E-state index is 0.804. The molecular weight excluding hydrogens is 235 g/mol. The molecule has 0 aromatic rings. The molecule has 1 rings (SSSR count). The van der Waals surface area contributed by atoms with Gasteiger partial charge in [-0.15, -0.1) is 0 Å². The van der Waals surface area contributed by atoms with Gasteiger partial charge in [-0.05, 0) is 48.3 Å². The summed E-state index contributed by atoms with van der Waals surface area (Å²) in [5, 5.41) is 0. The van der Waals surface area contributed by atoms with Gasteiger partial charge in [0.05, 0.1) is 0 Å². The Balaban J connectivity index is 2.65. The van der Waals surface area contributed by atoms with Gasteiger partial charge in [0.1, 0.15) is 0 Å². The van der Waals surface area contributed by atoms with Crippen LogP contribution in [0.4, 0.5) is 0 Å². The second-order valence-electron chi connectivity index (χ2n) is 2.86. The number of allylic oxidation sites excluding steroid dienone is 4. The largest absolute Gasteiger partial charge is 0.0801 e. The molecule has 0 aromatic carbocycles. The van der Waals surface area contributed by atoms with Crippen LogP contribution in [-0.2, 0) is 0 Å². The van der Waals surface area contributed by atoms with E-state index in [1.54, 1.807) is 5.57 Å². The van der Waals surface area contributed by atoms with Crippen LogP contribution in [-0.4, -0.2) is 0 Å². The molecule has 0 spiro atoms. The van der Waals surface area contributed by atoms with E-state index >= 15 is 0 Å². The highest BCUT2D eigenvalue weighted by molar-refractivity contribution is 14.1. The Morgan fingerprint density at radius 3 is 2.90 bits per heavy atom. The molecule has 0 saturated heterocycles. The summed E-state index contributed by atoms with van der Waals surface area (Å²) in [6.07, 6.45) is 7.12. The normalized spacial score (nSPS) is 25.7. The second-order valence-corrected chi connectivity index (χ2v) is 4.02. The maximum Gasteiger partial charge on any atom is 0.0116 e. The summed E-state index contributed by atoms with van der Waals surface area (Å²) < 4.78 is 1.43. The minimum Gasteiger partial charge on any atom is -0.0801 e. The van der Waals surface area contributed by atoms with E-state index in [-0.39, 0.29) is 0 Å². The van der Waals surface area contributed by atoms with E-state index < -0.39 is 0 Å². The van der Waals surface area contributed by atoms with Crippen molar-refractivity contribution in [1.29, 1.82) is 0 Å². The summed E-state index contributed by atoms with van der Waals surface area (Å²) in [5.74, 6) is 0.804. The van der Waals surface area contributed by atoms with Crippen molar-refractivity contribution >= 4 is 22.6 Å². The molecule has 1 unspecified atom stereocenters. The lowest BCUT2D eigenvalue weighted by atomic mass is 9.93. The number of hydrogen-bond donors (Lipinski definition) is 0. The molecule has 10 heavy (non-hydrogen) atoms. The van der Waals surface area contributed by atoms with Crippen LogP contribution in [0.5, 0.6) is 0 Å². The molecule has 0 amide bonds. The quantitative estimate of drug-likeness (QED) is 0.621. The average Bonchev–Trinajstić information content (AvgIpc) is 1.95. The molecule has 0 radical (unpaired) electrons. The highest BCUT2D eigenvalue weighted by atomic mass is 127. The zero-order valence-electron chi connectivity index (χ0n) is 6.52. The van der Waals surface area contributed by atoms with E-state index in [0.29, 0.717) is 0 Å². The van der Waals surface area contributed by atoms with Crippen LogP contribution >= 0.6 is 22.6 Å². The maximum absolute atomic E-state index is 2.40. The average molecular weight is 248 g/mol. The predicted molar refractivity (Wildman–Crippen MR) is 54.3 cm³/mol. The van der Waals surface area contributed by atoms with Crippen molar-refractivity contribution in [2.45, 2.75) is 26.7 Å². The Hall–Kier alpha value is 0.210. The first-order valence-corrected chi connectivity index (χ1v) is 4.85. The van der Waals surface area contributed by atoms with E-state index in [1.807, 2.05) is 0 Å². The first-order valence-electron chi connectivity index (χ1n) is 3.77. The number of hydrogen-bond acceptors (Lipinski definition) is 0. The standard InChI is InChI=1S/C9H13I/c1-3-8-4-5-9(10)7(2)6-8/h4-5,8H,3,6H2,1-2H3. The highest BCUT2D eigenvalue weighted by Crippen LogP contribution is 2.28. The summed E-state index contributed by atoms with van der Waals surface area (Å²) in [6.45, 7) is 4.48. The van der Waals surface area contributed by atoms with Crippen LogP contribution in [0.15, 0.2) is 21.3 Å². The molecule has 0 aliphatic heterocycles. The first kappa shape index (κ1) is 8.31. The van der Waals surface area contributed by atoms with Gasteiger partial charge in [-0.1, -0.05) is 24.6 Å². The highest BCUT2D eigenvalue weighted by Gasteiger charge is 2.09. The number of halogens is 1. The zero-order chi connectivity index (χ0) is 7.56. The van der Waals surface area contributed by atoms with Gasteiger partial charge in [0.15, 0.2) is 0 Å². The lowest BCUT2D eigenvalue weighted by Gasteiger charge is -2.15. The Kier molecular flexibility index (Phi) is 2.96. The second kappa shape index (κ2) is 3.56. The van der Waals surface area contributed by atoms with Gasteiger partial charge in [0.2, 0.25) is 0 Å². The monoisotopic (exact) mass is 248 g/mol. The fourth-order valence-corrected chi connectivity index (χ4v) is 1.63. The van der Waals surface area contributed by atoms with Crippen molar-refractivity contribution in [2.75, 3.05) is 0 Å². The van der Waals surface area contributed by atoms with Crippen molar-refractivity contribution < 1.29 is 0 Å². The van der Waals surface area contributed by atoms with Crippen LogP contribution in [0.3, 0.4) is 0 Å². The van der Waals surface area contributed by atoms with E-state index in [4.69, 9.17) is 0 Å². The van der Waals surface area contributed by atoms with Crippen LogP contribution in [0, 0.1) is 5.92 Å². The first-order chi connectivity index (χ1) is 4.74. The maximum atomic E-state index is 2.40. The third kappa shape index (κ3) is 1.84. The molecule has 0 nitrogen and oxygen atoms in total. The molecule has 0 aromatic heterocycles. The molecule has 0 bridgehead atoms. The van der Waals surface area contributed by atoms with Gasteiger partial charge in [0.25, 0.3) is 0 Å². The van der Waals surface area contributed by atoms with E-state index in [9.17, 15) is 0 Å². The topological polar surface area (TPSA) is 0 Å². The van der Waals surface area contributed by atoms with E-state index in [1.165, 1.54) is 16.4 Å². The molecule has 0 saturated carbocycles. The summed E-state index contributed by atoms with van der Waals surface area (Å²) in [5.41, 5.74) is 1.55. The van der Waals surface area contributed by atoms with Crippen molar-refractivity contribution in [3.8, 4) is 0 Å².